The van der Waals surface area contributed by atoms with Crippen molar-refractivity contribution in [2.75, 3.05) is 5.32 Å². The third kappa shape index (κ3) is 4.10. The summed E-state index contributed by atoms with van der Waals surface area (Å²) in [7, 11) is 0. The van der Waals surface area contributed by atoms with Gasteiger partial charge >= 0.3 is 0 Å². The second kappa shape index (κ2) is 7.55. The predicted octanol–water partition coefficient (Wildman–Crippen LogP) is 3.98. The minimum Gasteiger partial charge on any atom is -0.479 e. The number of benzene rings is 2. The lowest BCUT2D eigenvalue weighted by Gasteiger charge is -2.17. The van der Waals surface area contributed by atoms with Gasteiger partial charge in [-0.1, -0.05) is 40.5 Å². The van der Waals surface area contributed by atoms with Crippen LogP contribution in [0.3, 0.4) is 0 Å². The summed E-state index contributed by atoms with van der Waals surface area (Å²) >= 11 is 11.9. The molecule has 6 nitrogen and oxygen atoms in total. The van der Waals surface area contributed by atoms with Crippen LogP contribution in [0.25, 0.3) is 5.69 Å². The molecule has 0 aliphatic heterocycles. The van der Waals surface area contributed by atoms with Crippen LogP contribution >= 0.6 is 23.2 Å². The van der Waals surface area contributed by atoms with Crippen LogP contribution in [0.15, 0.2) is 54.9 Å². The first kappa shape index (κ1) is 17.3. The van der Waals surface area contributed by atoms with Gasteiger partial charge in [0.05, 0.1) is 28.8 Å². The van der Waals surface area contributed by atoms with Crippen molar-refractivity contribution in [3.8, 4) is 11.4 Å². The molecule has 1 amide bonds. The highest BCUT2D eigenvalue weighted by Gasteiger charge is 2.18. The van der Waals surface area contributed by atoms with Gasteiger partial charge in [-0.3, -0.25) is 4.79 Å². The Bertz CT molecular complexity index is 884. The first-order chi connectivity index (χ1) is 12.0. The Labute approximate surface area is 154 Å². The summed E-state index contributed by atoms with van der Waals surface area (Å²) in [6, 6.07) is 12.1. The van der Waals surface area contributed by atoms with E-state index in [9.17, 15) is 4.79 Å². The maximum absolute atomic E-state index is 12.5. The molecule has 1 atom stereocenters. The molecular formula is C17H14Cl2N4O2. The summed E-state index contributed by atoms with van der Waals surface area (Å²) in [5.74, 6) is 0.0665. The molecule has 0 aliphatic rings. The molecule has 0 saturated heterocycles. The van der Waals surface area contributed by atoms with E-state index in [-0.39, 0.29) is 5.91 Å². The first-order valence-corrected chi connectivity index (χ1v) is 8.18. The fraction of sp³-hybridized carbons (Fsp3) is 0.118. The van der Waals surface area contributed by atoms with Crippen molar-refractivity contribution in [1.82, 2.24) is 15.0 Å². The molecule has 8 heteroatoms. The smallest absolute Gasteiger partial charge is 0.265 e. The molecule has 1 unspecified atom stereocenters. The largest absolute Gasteiger partial charge is 0.479 e. The summed E-state index contributed by atoms with van der Waals surface area (Å²) in [6.45, 7) is 1.64. The fourth-order valence-electron chi connectivity index (χ4n) is 2.16. The number of aromatic nitrogens is 3. The number of anilines is 1. The van der Waals surface area contributed by atoms with Gasteiger partial charge in [0.15, 0.2) is 6.10 Å². The summed E-state index contributed by atoms with van der Waals surface area (Å²) in [4.78, 5) is 12.5. The lowest BCUT2D eigenvalue weighted by atomic mass is 10.2. The van der Waals surface area contributed by atoms with E-state index in [1.54, 1.807) is 48.3 Å². The molecule has 0 radical (unpaired) electrons. The Balaban J connectivity index is 1.74. The van der Waals surface area contributed by atoms with Gasteiger partial charge < -0.3 is 10.1 Å². The van der Waals surface area contributed by atoms with E-state index in [0.717, 1.165) is 0 Å². The van der Waals surface area contributed by atoms with Crippen molar-refractivity contribution in [3.05, 3.63) is 64.9 Å². The van der Waals surface area contributed by atoms with E-state index < -0.39 is 6.10 Å². The van der Waals surface area contributed by atoms with Crippen molar-refractivity contribution in [2.45, 2.75) is 13.0 Å². The molecular weight excluding hydrogens is 363 g/mol. The maximum atomic E-state index is 12.5. The van der Waals surface area contributed by atoms with E-state index in [1.165, 1.54) is 0 Å². The Morgan fingerprint density at radius 3 is 2.76 bits per heavy atom. The third-order valence-corrected chi connectivity index (χ3v) is 3.93. The molecule has 3 aromatic rings. The van der Waals surface area contributed by atoms with E-state index >= 15 is 0 Å². The molecule has 1 heterocycles. The number of halogens is 2. The molecule has 3 rings (SSSR count). The van der Waals surface area contributed by atoms with Crippen LogP contribution in [0.4, 0.5) is 5.69 Å². The number of rotatable bonds is 5. The topological polar surface area (TPSA) is 69.0 Å². The Morgan fingerprint density at radius 2 is 2.04 bits per heavy atom. The van der Waals surface area contributed by atoms with Crippen LogP contribution in [0.5, 0.6) is 5.75 Å². The molecule has 0 bridgehead atoms. The van der Waals surface area contributed by atoms with Crippen LogP contribution in [0.1, 0.15) is 6.92 Å². The molecule has 1 N–H and O–H groups in total. The number of para-hydroxylation sites is 2. The summed E-state index contributed by atoms with van der Waals surface area (Å²) < 4.78 is 7.19. The van der Waals surface area contributed by atoms with Crippen molar-refractivity contribution < 1.29 is 9.53 Å². The van der Waals surface area contributed by atoms with Crippen LogP contribution in [0.2, 0.25) is 10.0 Å². The Hall–Kier alpha value is -2.57. The molecule has 0 spiro atoms. The zero-order valence-corrected chi connectivity index (χ0v) is 14.7. The van der Waals surface area contributed by atoms with E-state index in [1.807, 2.05) is 18.2 Å². The van der Waals surface area contributed by atoms with Gasteiger partial charge in [-0.15, -0.1) is 5.10 Å². The normalized spacial score (nSPS) is 11.8. The standard InChI is InChI=1S/C17H14Cl2N4O2/c1-11(25-16-7-6-12(18)10-13(16)19)17(24)21-14-4-2-3-5-15(14)23-9-8-20-22-23/h2-11H,1H3,(H,21,24). The number of carbonyl (C=O) groups excluding carboxylic acids is 1. The van der Waals surface area contributed by atoms with Gasteiger partial charge in [0, 0.05) is 5.02 Å². The number of hydrogen-bond acceptors (Lipinski definition) is 4. The van der Waals surface area contributed by atoms with Crippen molar-refractivity contribution in [3.63, 3.8) is 0 Å². The molecule has 128 valence electrons. The van der Waals surface area contributed by atoms with Crippen molar-refractivity contribution in [2.24, 2.45) is 0 Å². The lowest BCUT2D eigenvalue weighted by molar-refractivity contribution is -0.122. The van der Waals surface area contributed by atoms with Crippen molar-refractivity contribution >= 4 is 34.8 Å². The highest BCUT2D eigenvalue weighted by atomic mass is 35.5. The molecule has 0 fully saturated rings. The van der Waals surface area contributed by atoms with Crippen LogP contribution in [-0.4, -0.2) is 27.0 Å². The number of nitrogens with zero attached hydrogens (tertiary/aromatic N) is 3. The van der Waals surface area contributed by atoms with Gasteiger partial charge in [0.1, 0.15) is 5.75 Å². The highest BCUT2D eigenvalue weighted by molar-refractivity contribution is 6.35. The summed E-state index contributed by atoms with van der Waals surface area (Å²) in [5, 5.41) is 11.4. The zero-order valence-electron chi connectivity index (χ0n) is 13.2. The van der Waals surface area contributed by atoms with Gasteiger partial charge in [-0.25, -0.2) is 4.68 Å². The highest BCUT2D eigenvalue weighted by Crippen LogP contribution is 2.28. The van der Waals surface area contributed by atoms with Crippen LogP contribution in [0, 0.1) is 0 Å². The summed E-state index contributed by atoms with van der Waals surface area (Å²) in [5.41, 5.74) is 1.29. The van der Waals surface area contributed by atoms with E-state index in [4.69, 9.17) is 27.9 Å². The van der Waals surface area contributed by atoms with Crippen LogP contribution < -0.4 is 10.1 Å². The fourth-order valence-corrected chi connectivity index (χ4v) is 2.62. The maximum Gasteiger partial charge on any atom is 0.265 e. The number of carbonyl (C=O) groups is 1. The summed E-state index contributed by atoms with van der Waals surface area (Å²) in [6.07, 6.45) is 2.49. The first-order valence-electron chi connectivity index (χ1n) is 7.43. The molecule has 2 aromatic carbocycles. The quantitative estimate of drug-likeness (QED) is 0.730. The van der Waals surface area contributed by atoms with E-state index in [0.29, 0.717) is 27.2 Å². The number of hydrogen-bond donors (Lipinski definition) is 1. The van der Waals surface area contributed by atoms with E-state index in [2.05, 4.69) is 15.6 Å². The predicted molar refractivity (Wildman–Crippen MR) is 96.5 cm³/mol. The van der Waals surface area contributed by atoms with Crippen LogP contribution in [-0.2, 0) is 4.79 Å². The van der Waals surface area contributed by atoms with Crippen molar-refractivity contribution in [1.29, 1.82) is 0 Å². The van der Waals surface area contributed by atoms with Gasteiger partial charge in [0.2, 0.25) is 0 Å². The zero-order chi connectivity index (χ0) is 17.8. The van der Waals surface area contributed by atoms with Gasteiger partial charge in [-0.2, -0.15) is 0 Å². The monoisotopic (exact) mass is 376 g/mol. The molecule has 25 heavy (non-hydrogen) atoms. The lowest BCUT2D eigenvalue weighted by Crippen LogP contribution is -2.30. The molecule has 0 saturated carbocycles. The number of nitrogens with one attached hydrogen (secondary N) is 1. The average molecular weight is 377 g/mol. The number of amides is 1. The SMILES string of the molecule is CC(Oc1ccc(Cl)cc1Cl)C(=O)Nc1ccccc1-n1ccnn1. The molecule has 1 aromatic heterocycles. The Kier molecular flexibility index (Phi) is 5.21. The minimum atomic E-state index is -0.762. The third-order valence-electron chi connectivity index (χ3n) is 3.40. The minimum absolute atomic E-state index is 0.321. The average Bonchev–Trinajstić information content (AvgIpc) is 3.12. The number of ether oxygens (including phenoxy) is 1. The van der Waals surface area contributed by atoms with Gasteiger partial charge in [-0.05, 0) is 37.3 Å². The second-order valence-electron chi connectivity index (χ2n) is 5.19. The second-order valence-corrected chi connectivity index (χ2v) is 6.03. The molecule has 0 aliphatic carbocycles. The Morgan fingerprint density at radius 1 is 1.24 bits per heavy atom. The van der Waals surface area contributed by atoms with Gasteiger partial charge in [0.25, 0.3) is 5.91 Å².